The average Bonchev–Trinajstić information content (AvgIpc) is 2.61. The first-order valence-electron chi connectivity index (χ1n) is 6.87. The van der Waals surface area contributed by atoms with E-state index in [0.29, 0.717) is 0 Å². The molecule has 3 rings (SSSR count). The normalized spacial score (nSPS) is 14.8. The highest BCUT2D eigenvalue weighted by atomic mass is 32.2. The number of carbonyl (C=O) groups is 1. The number of benzene rings is 2. The number of hydrogen-bond donors (Lipinski definition) is 1. The highest BCUT2D eigenvalue weighted by Crippen LogP contribution is 2.41. The summed E-state index contributed by atoms with van der Waals surface area (Å²) in [5.41, 5.74) is 4.27. The van der Waals surface area contributed by atoms with Gasteiger partial charge in [-0.2, -0.15) is 0 Å². The van der Waals surface area contributed by atoms with E-state index in [1.165, 1.54) is 15.4 Å². The number of allylic oxidation sites excluding steroid dienone is 1. The maximum atomic E-state index is 11.2. The molecule has 0 fully saturated rings. The zero-order valence-corrected chi connectivity index (χ0v) is 12.6. The van der Waals surface area contributed by atoms with E-state index in [0.717, 1.165) is 23.1 Å². The second-order valence-electron chi connectivity index (χ2n) is 5.31. The zero-order valence-electron chi connectivity index (χ0n) is 11.8. The van der Waals surface area contributed by atoms with Crippen molar-refractivity contribution in [3.8, 4) is 0 Å². The van der Waals surface area contributed by atoms with Crippen molar-refractivity contribution in [1.29, 1.82) is 0 Å². The predicted molar refractivity (Wildman–Crippen MR) is 85.8 cm³/mol. The van der Waals surface area contributed by atoms with Gasteiger partial charge in [0.2, 0.25) is 0 Å². The highest BCUT2D eigenvalue weighted by molar-refractivity contribution is 7.99. The van der Waals surface area contributed by atoms with Crippen molar-refractivity contribution < 1.29 is 9.90 Å². The third-order valence-electron chi connectivity index (χ3n) is 3.85. The van der Waals surface area contributed by atoms with Crippen LogP contribution in [0.1, 0.15) is 29.5 Å². The number of hydrogen-bond acceptors (Lipinski definition) is 2. The van der Waals surface area contributed by atoms with E-state index in [1.807, 2.05) is 30.3 Å². The number of rotatable bonds is 2. The van der Waals surface area contributed by atoms with Crippen molar-refractivity contribution in [3.63, 3.8) is 0 Å². The van der Waals surface area contributed by atoms with Gasteiger partial charge in [-0.25, -0.2) is 0 Å². The molecule has 0 bridgehead atoms. The van der Waals surface area contributed by atoms with Crippen LogP contribution in [0.15, 0.2) is 58.8 Å². The van der Waals surface area contributed by atoms with Crippen LogP contribution >= 0.6 is 11.8 Å². The summed E-state index contributed by atoms with van der Waals surface area (Å²) >= 11 is 1.73. The molecule has 1 atom stereocenters. The topological polar surface area (TPSA) is 37.3 Å². The lowest BCUT2D eigenvalue weighted by atomic mass is 9.95. The van der Waals surface area contributed by atoms with Crippen LogP contribution in [0.25, 0.3) is 5.57 Å². The quantitative estimate of drug-likeness (QED) is 0.880. The minimum absolute atomic E-state index is 0.487. The van der Waals surface area contributed by atoms with Crippen molar-refractivity contribution in [2.75, 3.05) is 0 Å². The molecule has 2 nitrogen and oxygen atoms in total. The van der Waals surface area contributed by atoms with Gasteiger partial charge in [-0.05, 0) is 47.7 Å². The first-order chi connectivity index (χ1) is 10.1. The number of carboxylic acid groups (broad SMARTS) is 1. The van der Waals surface area contributed by atoms with Crippen LogP contribution in [-0.2, 0) is 11.2 Å². The van der Waals surface area contributed by atoms with Gasteiger partial charge in [-0.3, -0.25) is 4.79 Å². The Morgan fingerprint density at radius 3 is 2.76 bits per heavy atom. The fourth-order valence-corrected chi connectivity index (χ4v) is 3.64. The molecule has 2 aromatic carbocycles. The molecule has 0 spiro atoms. The third-order valence-corrected chi connectivity index (χ3v) is 5.04. The van der Waals surface area contributed by atoms with Crippen molar-refractivity contribution in [2.45, 2.75) is 29.1 Å². The fourth-order valence-electron chi connectivity index (χ4n) is 2.54. The molecule has 21 heavy (non-hydrogen) atoms. The molecular formula is C18H16O2S. The molecule has 0 radical (unpaired) electrons. The number of carboxylic acids is 1. The van der Waals surface area contributed by atoms with Crippen LogP contribution in [0.5, 0.6) is 0 Å². The Hall–Kier alpha value is -2.00. The summed E-state index contributed by atoms with van der Waals surface area (Å²) < 4.78 is 0. The van der Waals surface area contributed by atoms with Crippen molar-refractivity contribution >= 4 is 23.3 Å². The molecule has 1 N–H and O–H groups in total. The first-order valence-corrected chi connectivity index (χ1v) is 7.68. The van der Waals surface area contributed by atoms with Gasteiger partial charge < -0.3 is 5.11 Å². The van der Waals surface area contributed by atoms with E-state index >= 15 is 0 Å². The Bertz CT molecular complexity index is 734. The molecule has 0 saturated carbocycles. The monoisotopic (exact) mass is 296 g/mol. The smallest absolute Gasteiger partial charge is 0.310 e. The molecule has 1 heterocycles. The van der Waals surface area contributed by atoms with E-state index in [9.17, 15) is 4.79 Å². The molecule has 0 aliphatic carbocycles. The van der Waals surface area contributed by atoms with Crippen LogP contribution in [0, 0.1) is 0 Å². The van der Waals surface area contributed by atoms with Gasteiger partial charge in [0.25, 0.3) is 0 Å². The molecule has 2 aromatic rings. The summed E-state index contributed by atoms with van der Waals surface area (Å²) in [5.74, 6) is -1.28. The largest absolute Gasteiger partial charge is 0.481 e. The van der Waals surface area contributed by atoms with Crippen molar-refractivity contribution in [2.24, 2.45) is 0 Å². The Morgan fingerprint density at radius 2 is 2.00 bits per heavy atom. The molecular weight excluding hydrogens is 280 g/mol. The predicted octanol–water partition coefficient (Wildman–Crippen LogP) is 4.60. The highest BCUT2D eigenvalue weighted by Gasteiger charge is 2.19. The van der Waals surface area contributed by atoms with Gasteiger partial charge in [0.05, 0.1) is 5.92 Å². The summed E-state index contributed by atoms with van der Waals surface area (Å²) in [6.45, 7) is 5.91. The standard InChI is InChI=1S/C18H16O2S/c1-11-9-14-10-13(12(2)18(19)20)7-8-16(14)21-17-6-4-3-5-15(11)17/h3-8,10,12H,1,9H2,2H3,(H,19,20). The maximum Gasteiger partial charge on any atom is 0.310 e. The molecule has 1 unspecified atom stereocenters. The number of aliphatic carboxylic acids is 1. The van der Waals surface area contributed by atoms with Crippen LogP contribution in [0.4, 0.5) is 0 Å². The zero-order chi connectivity index (χ0) is 15.0. The van der Waals surface area contributed by atoms with Gasteiger partial charge in [0.15, 0.2) is 0 Å². The van der Waals surface area contributed by atoms with Crippen molar-refractivity contribution in [1.82, 2.24) is 0 Å². The van der Waals surface area contributed by atoms with Crippen LogP contribution in [0.2, 0.25) is 0 Å². The van der Waals surface area contributed by atoms with Crippen LogP contribution < -0.4 is 0 Å². The molecule has 3 heteroatoms. The van der Waals surface area contributed by atoms with Gasteiger partial charge in [0.1, 0.15) is 0 Å². The van der Waals surface area contributed by atoms with Gasteiger partial charge in [0, 0.05) is 9.79 Å². The summed E-state index contributed by atoms with van der Waals surface area (Å²) in [6.07, 6.45) is 0.763. The Morgan fingerprint density at radius 1 is 1.24 bits per heavy atom. The third kappa shape index (κ3) is 2.61. The molecule has 1 aliphatic heterocycles. The van der Waals surface area contributed by atoms with Crippen molar-refractivity contribution in [3.05, 3.63) is 65.7 Å². The summed E-state index contributed by atoms with van der Waals surface area (Å²) in [6, 6.07) is 14.2. The SMILES string of the molecule is C=C1Cc2cc(C(C)C(=O)O)ccc2Sc2ccccc21. The lowest BCUT2D eigenvalue weighted by molar-refractivity contribution is -0.138. The average molecular weight is 296 g/mol. The molecule has 0 saturated heterocycles. The summed E-state index contributed by atoms with van der Waals surface area (Å²) in [4.78, 5) is 13.5. The lowest BCUT2D eigenvalue weighted by Crippen LogP contribution is -2.07. The van der Waals surface area contributed by atoms with Crippen LogP contribution in [-0.4, -0.2) is 11.1 Å². The molecule has 0 amide bonds. The maximum absolute atomic E-state index is 11.2. The van der Waals surface area contributed by atoms with E-state index in [-0.39, 0.29) is 0 Å². The van der Waals surface area contributed by atoms with Gasteiger partial charge >= 0.3 is 5.97 Å². The minimum Gasteiger partial charge on any atom is -0.481 e. The number of fused-ring (bicyclic) bond motifs is 2. The fraction of sp³-hybridized carbons (Fsp3) is 0.167. The van der Waals surface area contributed by atoms with E-state index in [2.05, 4.69) is 18.7 Å². The van der Waals surface area contributed by atoms with Gasteiger partial charge in [-0.1, -0.05) is 48.7 Å². The Balaban J connectivity index is 2.04. The van der Waals surface area contributed by atoms with E-state index < -0.39 is 11.9 Å². The second kappa shape index (κ2) is 5.41. The minimum atomic E-state index is -0.793. The Kier molecular flexibility index (Phi) is 3.60. The summed E-state index contributed by atoms with van der Waals surface area (Å²) in [7, 11) is 0. The van der Waals surface area contributed by atoms with E-state index in [1.54, 1.807) is 18.7 Å². The first kappa shape index (κ1) is 14.0. The molecule has 0 aromatic heterocycles. The lowest BCUT2D eigenvalue weighted by Gasteiger charge is -2.11. The second-order valence-corrected chi connectivity index (χ2v) is 6.39. The van der Waals surface area contributed by atoms with E-state index in [4.69, 9.17) is 5.11 Å². The Labute approximate surface area is 128 Å². The summed E-state index contributed by atoms with van der Waals surface area (Å²) in [5, 5.41) is 9.17. The van der Waals surface area contributed by atoms with Gasteiger partial charge in [-0.15, -0.1) is 0 Å². The molecule has 1 aliphatic rings. The molecule has 106 valence electrons. The van der Waals surface area contributed by atoms with Crippen LogP contribution in [0.3, 0.4) is 0 Å².